The average Bonchev–Trinajstić information content (AvgIpc) is 2.90. The Morgan fingerprint density at radius 1 is 1.19 bits per heavy atom. The lowest BCUT2D eigenvalue weighted by Crippen LogP contribution is -2.19. The molecule has 1 aliphatic heterocycles. The molecule has 0 aromatic heterocycles. The standard InChI is InChI=1S/C19H16I2N2O2S/c1-10-4-5-11(2)15(6-10)22-19-23-18(24)16(26-19)8-12-7-13(20)9-14(21)17(12)25-3/h4-9H,1-3H3,(H,22,23,24)/b16-8-. The molecule has 4 nitrogen and oxygen atoms in total. The SMILES string of the molecule is COc1c(I)cc(I)cc1/C=C1\SC(=Nc2cc(C)ccc2C)NC1=O. The topological polar surface area (TPSA) is 50.7 Å². The Morgan fingerprint density at radius 2 is 1.96 bits per heavy atom. The molecule has 0 radical (unpaired) electrons. The number of halogens is 2. The van der Waals surface area contributed by atoms with Gasteiger partial charge in [0, 0.05) is 9.13 Å². The molecule has 1 saturated heterocycles. The van der Waals surface area contributed by atoms with Gasteiger partial charge in [-0.1, -0.05) is 12.1 Å². The van der Waals surface area contributed by atoms with Crippen LogP contribution in [0, 0.1) is 21.0 Å². The number of carbonyl (C=O) groups excluding carboxylic acids is 1. The molecule has 26 heavy (non-hydrogen) atoms. The maximum atomic E-state index is 12.4. The van der Waals surface area contributed by atoms with E-state index in [9.17, 15) is 4.79 Å². The van der Waals surface area contributed by atoms with Gasteiger partial charge in [0.2, 0.25) is 0 Å². The summed E-state index contributed by atoms with van der Waals surface area (Å²) >= 11 is 5.84. The number of methoxy groups -OCH3 is 1. The minimum absolute atomic E-state index is 0.144. The molecule has 0 spiro atoms. The number of hydrogen-bond donors (Lipinski definition) is 1. The zero-order valence-corrected chi connectivity index (χ0v) is 19.5. The molecule has 0 atom stereocenters. The van der Waals surface area contributed by atoms with Gasteiger partial charge in [0.1, 0.15) is 5.75 Å². The monoisotopic (exact) mass is 590 g/mol. The van der Waals surface area contributed by atoms with E-state index in [4.69, 9.17) is 4.74 Å². The first-order valence-corrected chi connectivity index (χ1v) is 10.7. The van der Waals surface area contributed by atoms with Crippen molar-refractivity contribution in [2.45, 2.75) is 13.8 Å². The number of carbonyl (C=O) groups is 1. The third kappa shape index (κ3) is 4.42. The number of hydrogen-bond acceptors (Lipinski definition) is 4. The number of amidine groups is 1. The van der Waals surface area contributed by atoms with Crippen LogP contribution in [0.2, 0.25) is 0 Å². The van der Waals surface area contributed by atoms with E-state index >= 15 is 0 Å². The van der Waals surface area contributed by atoms with Crippen molar-refractivity contribution < 1.29 is 9.53 Å². The van der Waals surface area contributed by atoms with E-state index in [1.165, 1.54) is 11.8 Å². The van der Waals surface area contributed by atoms with Crippen molar-refractivity contribution in [1.29, 1.82) is 0 Å². The number of rotatable bonds is 3. The molecule has 1 heterocycles. The molecule has 1 N–H and O–H groups in total. The Labute approximate surface area is 184 Å². The van der Waals surface area contributed by atoms with Crippen LogP contribution in [-0.4, -0.2) is 18.2 Å². The molecule has 2 aromatic carbocycles. The van der Waals surface area contributed by atoms with Gasteiger partial charge in [-0.2, -0.15) is 0 Å². The van der Waals surface area contributed by atoms with Crippen molar-refractivity contribution in [3.05, 3.63) is 59.1 Å². The summed E-state index contributed by atoms with van der Waals surface area (Å²) in [6, 6.07) is 10.1. The molecule has 0 aliphatic carbocycles. The highest BCUT2D eigenvalue weighted by atomic mass is 127. The molecular weight excluding hydrogens is 574 g/mol. The maximum absolute atomic E-state index is 12.4. The number of amides is 1. The van der Waals surface area contributed by atoms with Crippen molar-refractivity contribution in [2.75, 3.05) is 7.11 Å². The lowest BCUT2D eigenvalue weighted by molar-refractivity contribution is -0.115. The normalized spacial score (nSPS) is 17.0. The molecule has 1 amide bonds. The Bertz CT molecular complexity index is 955. The van der Waals surface area contributed by atoms with Crippen LogP contribution in [0.15, 0.2) is 40.2 Å². The third-order valence-corrected chi connectivity index (χ3v) is 6.10. The molecule has 1 fully saturated rings. The van der Waals surface area contributed by atoms with Gasteiger partial charge < -0.3 is 10.1 Å². The fourth-order valence-corrected chi connectivity index (χ4v) is 5.41. The van der Waals surface area contributed by atoms with Crippen LogP contribution >= 0.6 is 56.9 Å². The molecule has 134 valence electrons. The molecular formula is C19H16I2N2O2S. The van der Waals surface area contributed by atoms with Crippen LogP contribution in [0.1, 0.15) is 16.7 Å². The highest BCUT2D eigenvalue weighted by Crippen LogP contribution is 2.34. The Kier molecular flexibility index (Phi) is 6.29. The van der Waals surface area contributed by atoms with E-state index in [2.05, 4.69) is 61.6 Å². The Balaban J connectivity index is 1.95. The van der Waals surface area contributed by atoms with Gasteiger partial charge in [-0.15, -0.1) is 0 Å². The fraction of sp³-hybridized carbons (Fsp3) is 0.158. The summed E-state index contributed by atoms with van der Waals surface area (Å²) in [5.74, 6) is 0.627. The summed E-state index contributed by atoms with van der Waals surface area (Å²) in [7, 11) is 1.64. The molecule has 0 bridgehead atoms. The molecule has 2 aromatic rings. The first kappa shape index (κ1) is 19.7. The molecule has 7 heteroatoms. The number of nitrogens with zero attached hydrogens (tertiary/aromatic N) is 1. The summed E-state index contributed by atoms with van der Waals surface area (Å²) in [6.45, 7) is 4.04. The minimum Gasteiger partial charge on any atom is -0.495 e. The van der Waals surface area contributed by atoms with Gasteiger partial charge in [0.25, 0.3) is 5.91 Å². The molecule has 3 rings (SSSR count). The summed E-state index contributed by atoms with van der Waals surface area (Å²) < 4.78 is 7.60. The number of benzene rings is 2. The van der Waals surface area contributed by atoms with E-state index in [1.54, 1.807) is 7.11 Å². The van der Waals surface area contributed by atoms with Gasteiger partial charge >= 0.3 is 0 Å². The van der Waals surface area contributed by atoms with Crippen molar-refractivity contribution in [1.82, 2.24) is 5.32 Å². The zero-order valence-electron chi connectivity index (χ0n) is 14.4. The van der Waals surface area contributed by atoms with Gasteiger partial charge in [0.05, 0.1) is 21.3 Å². The van der Waals surface area contributed by atoms with Crippen molar-refractivity contribution in [3.8, 4) is 5.75 Å². The van der Waals surface area contributed by atoms with E-state index in [0.717, 1.165) is 35.3 Å². The van der Waals surface area contributed by atoms with Crippen molar-refractivity contribution in [3.63, 3.8) is 0 Å². The highest BCUT2D eigenvalue weighted by molar-refractivity contribution is 14.1. The zero-order chi connectivity index (χ0) is 18.8. The van der Waals surface area contributed by atoms with Crippen LogP contribution < -0.4 is 10.1 Å². The van der Waals surface area contributed by atoms with Crippen LogP contribution in [-0.2, 0) is 4.79 Å². The summed E-state index contributed by atoms with van der Waals surface area (Å²) in [5.41, 5.74) is 3.97. The van der Waals surface area contributed by atoms with Crippen LogP contribution in [0.25, 0.3) is 6.08 Å². The smallest absolute Gasteiger partial charge is 0.264 e. The minimum atomic E-state index is -0.144. The molecule has 0 unspecified atom stereocenters. The average molecular weight is 590 g/mol. The summed E-state index contributed by atoms with van der Waals surface area (Å²) in [4.78, 5) is 17.6. The third-order valence-electron chi connectivity index (χ3n) is 3.77. The molecule has 0 saturated carbocycles. The lowest BCUT2D eigenvalue weighted by Gasteiger charge is -2.08. The second-order valence-electron chi connectivity index (χ2n) is 5.78. The number of nitrogens with one attached hydrogen (secondary N) is 1. The van der Waals surface area contributed by atoms with E-state index in [0.29, 0.717) is 10.1 Å². The van der Waals surface area contributed by atoms with Gasteiger partial charge in [-0.3, -0.25) is 4.79 Å². The van der Waals surface area contributed by atoms with Crippen LogP contribution in [0.4, 0.5) is 5.69 Å². The Morgan fingerprint density at radius 3 is 2.69 bits per heavy atom. The van der Waals surface area contributed by atoms with E-state index in [1.807, 2.05) is 44.2 Å². The lowest BCUT2D eigenvalue weighted by atomic mass is 10.1. The first-order chi connectivity index (χ1) is 12.4. The molecule has 1 aliphatic rings. The number of ether oxygens (including phenoxy) is 1. The van der Waals surface area contributed by atoms with Crippen molar-refractivity contribution >= 4 is 79.8 Å². The van der Waals surface area contributed by atoms with Crippen LogP contribution in [0.5, 0.6) is 5.75 Å². The predicted molar refractivity (Wildman–Crippen MR) is 125 cm³/mol. The predicted octanol–water partition coefficient (Wildman–Crippen LogP) is 5.41. The fourth-order valence-electron chi connectivity index (χ4n) is 2.47. The second-order valence-corrected chi connectivity index (χ2v) is 9.22. The second kappa shape index (κ2) is 8.30. The van der Waals surface area contributed by atoms with Gasteiger partial charge in [-0.25, -0.2) is 4.99 Å². The van der Waals surface area contributed by atoms with Gasteiger partial charge in [0.15, 0.2) is 5.17 Å². The van der Waals surface area contributed by atoms with Crippen LogP contribution in [0.3, 0.4) is 0 Å². The summed E-state index contributed by atoms with van der Waals surface area (Å²) in [5, 5.41) is 3.44. The number of aliphatic imine (C=N–C) groups is 1. The van der Waals surface area contributed by atoms with Crippen molar-refractivity contribution in [2.24, 2.45) is 4.99 Å². The highest BCUT2D eigenvalue weighted by Gasteiger charge is 2.24. The largest absolute Gasteiger partial charge is 0.495 e. The van der Waals surface area contributed by atoms with Gasteiger partial charge in [-0.05, 0) is 106 Å². The van der Waals surface area contributed by atoms with E-state index in [-0.39, 0.29) is 5.91 Å². The Hall–Kier alpha value is -1.07. The maximum Gasteiger partial charge on any atom is 0.264 e. The number of thioether (sulfide) groups is 1. The van der Waals surface area contributed by atoms with E-state index < -0.39 is 0 Å². The first-order valence-electron chi connectivity index (χ1n) is 7.77. The quantitative estimate of drug-likeness (QED) is 0.385. The summed E-state index contributed by atoms with van der Waals surface area (Å²) in [6.07, 6.45) is 1.86. The number of aryl methyl sites for hydroxylation is 2.